The summed E-state index contributed by atoms with van der Waals surface area (Å²) >= 11 is 9.30. The summed E-state index contributed by atoms with van der Waals surface area (Å²) in [6.45, 7) is 6.06. The van der Waals surface area contributed by atoms with Crippen molar-refractivity contribution in [2.24, 2.45) is 11.0 Å². The summed E-state index contributed by atoms with van der Waals surface area (Å²) in [6, 6.07) is 9.22. The van der Waals surface area contributed by atoms with Gasteiger partial charge in [0.25, 0.3) is 11.8 Å². The van der Waals surface area contributed by atoms with Crippen molar-refractivity contribution in [1.82, 2.24) is 10.7 Å². The molecule has 0 heterocycles. The summed E-state index contributed by atoms with van der Waals surface area (Å²) in [6.07, 6.45) is 1.49. The molecule has 2 aromatic carbocycles. The normalized spacial score (nSPS) is 12.0. The first kappa shape index (κ1) is 24.7. The van der Waals surface area contributed by atoms with E-state index in [1.165, 1.54) is 6.21 Å². The van der Waals surface area contributed by atoms with Crippen molar-refractivity contribution in [3.05, 3.63) is 57.0 Å². The van der Waals surface area contributed by atoms with Gasteiger partial charge in [0.05, 0.1) is 24.4 Å². The van der Waals surface area contributed by atoms with Crippen molar-refractivity contribution >= 4 is 45.6 Å². The average molecular weight is 511 g/mol. The van der Waals surface area contributed by atoms with Gasteiger partial charge < -0.3 is 14.8 Å². The van der Waals surface area contributed by atoms with Crippen LogP contribution in [0.3, 0.4) is 0 Å². The van der Waals surface area contributed by atoms with E-state index in [4.69, 9.17) is 21.1 Å². The Labute approximate surface area is 195 Å². The molecule has 2 aromatic rings. The first-order valence-electron chi connectivity index (χ1n) is 9.66. The minimum absolute atomic E-state index is 0.147. The maximum atomic E-state index is 12.6. The Kier molecular flexibility index (Phi) is 9.33. The molecule has 0 aliphatic heterocycles. The zero-order valence-electron chi connectivity index (χ0n) is 17.7. The number of methoxy groups -OCH3 is 1. The van der Waals surface area contributed by atoms with E-state index in [9.17, 15) is 9.59 Å². The van der Waals surface area contributed by atoms with E-state index in [0.29, 0.717) is 38.7 Å². The quantitative estimate of drug-likeness (QED) is 0.386. The van der Waals surface area contributed by atoms with Crippen molar-refractivity contribution in [2.75, 3.05) is 13.7 Å². The van der Waals surface area contributed by atoms with Crippen LogP contribution in [0.15, 0.2) is 46.0 Å². The lowest BCUT2D eigenvalue weighted by molar-refractivity contribution is -0.123. The fourth-order valence-electron chi connectivity index (χ4n) is 2.70. The maximum absolute atomic E-state index is 12.6. The van der Waals surface area contributed by atoms with E-state index < -0.39 is 11.9 Å². The van der Waals surface area contributed by atoms with Gasteiger partial charge in [0.1, 0.15) is 6.04 Å². The van der Waals surface area contributed by atoms with Crippen LogP contribution in [0.25, 0.3) is 0 Å². The first-order chi connectivity index (χ1) is 14.8. The van der Waals surface area contributed by atoms with E-state index in [1.807, 2.05) is 20.8 Å². The molecule has 0 spiro atoms. The molecule has 0 bridgehead atoms. The SMILES string of the molecule is CCOc1c(Br)cc(/C=N\NC(=O)C(NC(=O)c2ccc(Cl)cc2)C(C)C)cc1OC. The highest BCUT2D eigenvalue weighted by atomic mass is 79.9. The zero-order valence-corrected chi connectivity index (χ0v) is 20.1. The molecule has 1 atom stereocenters. The smallest absolute Gasteiger partial charge is 0.262 e. The monoisotopic (exact) mass is 509 g/mol. The van der Waals surface area contributed by atoms with E-state index in [1.54, 1.807) is 43.5 Å². The van der Waals surface area contributed by atoms with Gasteiger partial charge in [0, 0.05) is 10.6 Å². The third-order valence-corrected chi connectivity index (χ3v) is 5.11. The molecule has 2 amide bonds. The summed E-state index contributed by atoms with van der Waals surface area (Å²) in [7, 11) is 1.55. The number of nitrogens with zero attached hydrogens (tertiary/aromatic N) is 1. The van der Waals surface area contributed by atoms with Gasteiger partial charge in [-0.2, -0.15) is 5.10 Å². The number of nitrogens with one attached hydrogen (secondary N) is 2. The van der Waals surface area contributed by atoms with E-state index in [-0.39, 0.29) is 11.8 Å². The van der Waals surface area contributed by atoms with Crippen LogP contribution < -0.4 is 20.2 Å². The molecule has 7 nitrogen and oxygen atoms in total. The summed E-state index contributed by atoms with van der Waals surface area (Å²) in [5.41, 5.74) is 3.59. The van der Waals surface area contributed by atoms with Crippen LogP contribution in [0.1, 0.15) is 36.7 Å². The summed E-state index contributed by atoms with van der Waals surface area (Å²) in [4.78, 5) is 25.1. The third kappa shape index (κ3) is 6.97. The van der Waals surface area contributed by atoms with Crippen molar-refractivity contribution < 1.29 is 19.1 Å². The number of rotatable bonds is 9. The van der Waals surface area contributed by atoms with Crippen LogP contribution in [0.4, 0.5) is 0 Å². The Morgan fingerprint density at radius 2 is 1.90 bits per heavy atom. The number of hydrogen-bond acceptors (Lipinski definition) is 5. The molecule has 31 heavy (non-hydrogen) atoms. The number of carbonyl (C=O) groups excluding carboxylic acids is 2. The summed E-state index contributed by atoms with van der Waals surface area (Å²) in [5, 5.41) is 7.28. The Hall–Kier alpha value is -2.58. The highest BCUT2D eigenvalue weighted by Crippen LogP contribution is 2.36. The van der Waals surface area contributed by atoms with Crippen LogP contribution >= 0.6 is 27.5 Å². The Balaban J connectivity index is 2.07. The summed E-state index contributed by atoms with van der Waals surface area (Å²) < 4.78 is 11.6. The zero-order chi connectivity index (χ0) is 23.0. The number of halogens is 2. The molecule has 0 saturated carbocycles. The Bertz CT molecular complexity index is 949. The Morgan fingerprint density at radius 1 is 1.23 bits per heavy atom. The molecular formula is C22H25BrClN3O4. The molecule has 0 fully saturated rings. The molecule has 0 aliphatic carbocycles. The van der Waals surface area contributed by atoms with Gasteiger partial charge in [0.15, 0.2) is 11.5 Å². The second-order valence-electron chi connectivity index (χ2n) is 6.90. The van der Waals surface area contributed by atoms with Crippen LogP contribution in [0, 0.1) is 5.92 Å². The maximum Gasteiger partial charge on any atom is 0.262 e. The molecule has 1 unspecified atom stereocenters. The topological polar surface area (TPSA) is 89.0 Å². The minimum Gasteiger partial charge on any atom is -0.493 e. The van der Waals surface area contributed by atoms with E-state index in [0.717, 1.165) is 0 Å². The van der Waals surface area contributed by atoms with Gasteiger partial charge in [-0.3, -0.25) is 9.59 Å². The van der Waals surface area contributed by atoms with Gasteiger partial charge in [-0.15, -0.1) is 0 Å². The van der Waals surface area contributed by atoms with Gasteiger partial charge in [-0.1, -0.05) is 25.4 Å². The molecule has 2 N–H and O–H groups in total. The van der Waals surface area contributed by atoms with Gasteiger partial charge in [0.2, 0.25) is 0 Å². The second-order valence-corrected chi connectivity index (χ2v) is 8.19. The fraction of sp³-hybridized carbons (Fsp3) is 0.318. The number of benzene rings is 2. The number of hydrazone groups is 1. The van der Waals surface area contributed by atoms with Crippen LogP contribution in [-0.4, -0.2) is 37.8 Å². The Morgan fingerprint density at radius 3 is 2.48 bits per heavy atom. The lowest BCUT2D eigenvalue weighted by Crippen LogP contribution is -2.48. The summed E-state index contributed by atoms with van der Waals surface area (Å²) in [5.74, 6) is 0.196. The first-order valence-corrected chi connectivity index (χ1v) is 10.8. The lowest BCUT2D eigenvalue weighted by Gasteiger charge is -2.20. The molecule has 9 heteroatoms. The van der Waals surface area contributed by atoms with Crippen LogP contribution in [0.2, 0.25) is 5.02 Å². The molecule has 0 radical (unpaired) electrons. The molecule has 0 aliphatic rings. The van der Waals surface area contributed by atoms with Crippen molar-refractivity contribution in [2.45, 2.75) is 26.8 Å². The molecule has 0 saturated heterocycles. The van der Waals surface area contributed by atoms with Crippen molar-refractivity contribution in [3.8, 4) is 11.5 Å². The number of carbonyl (C=O) groups is 2. The molecule has 2 rings (SSSR count). The highest BCUT2D eigenvalue weighted by Gasteiger charge is 2.24. The minimum atomic E-state index is -0.762. The third-order valence-electron chi connectivity index (χ3n) is 4.27. The predicted octanol–water partition coefficient (Wildman–Crippen LogP) is 4.41. The van der Waals surface area contributed by atoms with E-state index in [2.05, 4.69) is 31.8 Å². The highest BCUT2D eigenvalue weighted by molar-refractivity contribution is 9.10. The number of ether oxygens (including phenoxy) is 2. The average Bonchev–Trinajstić information content (AvgIpc) is 2.73. The van der Waals surface area contributed by atoms with Crippen LogP contribution in [0.5, 0.6) is 11.5 Å². The van der Waals surface area contributed by atoms with Gasteiger partial charge in [-0.25, -0.2) is 5.43 Å². The fourth-order valence-corrected chi connectivity index (χ4v) is 3.40. The number of hydrogen-bond donors (Lipinski definition) is 2. The van der Waals surface area contributed by atoms with Gasteiger partial charge in [-0.05, 0) is 70.7 Å². The molecular weight excluding hydrogens is 486 g/mol. The van der Waals surface area contributed by atoms with Crippen LogP contribution in [-0.2, 0) is 4.79 Å². The van der Waals surface area contributed by atoms with Gasteiger partial charge >= 0.3 is 0 Å². The lowest BCUT2D eigenvalue weighted by atomic mass is 10.0. The standard InChI is InChI=1S/C22H25BrClN3O4/c1-5-31-20-17(23)10-14(11-18(20)30-4)12-25-27-22(29)19(13(2)3)26-21(28)15-6-8-16(24)9-7-15/h6-13,19H,5H2,1-4H3,(H,26,28)(H,27,29)/b25-12-. The second kappa shape index (κ2) is 11.7. The van der Waals surface area contributed by atoms with E-state index >= 15 is 0 Å². The largest absolute Gasteiger partial charge is 0.493 e. The van der Waals surface area contributed by atoms with Crippen molar-refractivity contribution in [3.63, 3.8) is 0 Å². The number of amides is 2. The predicted molar refractivity (Wildman–Crippen MR) is 125 cm³/mol. The molecule has 0 aromatic heterocycles. The van der Waals surface area contributed by atoms with Crippen molar-refractivity contribution in [1.29, 1.82) is 0 Å². The molecule has 166 valence electrons.